The molecule has 1 N–H and O–H groups in total. The Bertz CT molecular complexity index is 98.8. The minimum atomic E-state index is 0.160. The second kappa shape index (κ2) is 4.70. The summed E-state index contributed by atoms with van der Waals surface area (Å²) in [6.07, 6.45) is 0. The van der Waals surface area contributed by atoms with Gasteiger partial charge in [0.15, 0.2) is 0 Å². The molecule has 0 unspecified atom stereocenters. The van der Waals surface area contributed by atoms with Crippen molar-refractivity contribution in [3.63, 3.8) is 0 Å². The van der Waals surface area contributed by atoms with Gasteiger partial charge < -0.3 is 0 Å². The van der Waals surface area contributed by atoms with E-state index in [1.807, 2.05) is 0 Å². The number of hydrogen-bond acceptors (Lipinski definition) is 3. The summed E-state index contributed by atoms with van der Waals surface area (Å²) in [6.45, 7) is 10.7. The molecule has 3 heteroatoms. The Kier molecular flexibility index (Phi) is 4.65. The molecule has 0 aliphatic heterocycles. The summed E-state index contributed by atoms with van der Waals surface area (Å²) in [6, 6.07) is 0. The van der Waals surface area contributed by atoms with Gasteiger partial charge in [0.05, 0.1) is 6.61 Å². The van der Waals surface area contributed by atoms with Crippen LogP contribution in [0.15, 0.2) is 0 Å². The Morgan fingerprint density at radius 2 is 1.91 bits per heavy atom. The largest absolute Gasteiger partial charge is 0.296 e. The fourth-order valence-corrected chi connectivity index (χ4v) is 1.12. The second-order valence-corrected chi connectivity index (χ2v) is 3.58. The molecule has 68 valence electrons. The predicted molar refractivity (Wildman–Crippen MR) is 45.6 cm³/mol. The average Bonchev–Trinajstić information content (AvgIpc) is 1.87. The fraction of sp³-hybridized carbons (Fsp3) is 1.00. The van der Waals surface area contributed by atoms with Crippen LogP contribution in [0.1, 0.15) is 27.7 Å². The van der Waals surface area contributed by atoms with Crippen molar-refractivity contribution in [3.05, 3.63) is 0 Å². The zero-order valence-corrected chi connectivity index (χ0v) is 7.92. The summed E-state index contributed by atoms with van der Waals surface area (Å²) in [4.78, 5) is 6.27. The van der Waals surface area contributed by atoms with E-state index in [9.17, 15) is 0 Å². The first-order valence-electron chi connectivity index (χ1n) is 4.03. The first kappa shape index (κ1) is 10.9. The lowest BCUT2D eigenvalue weighted by Crippen LogP contribution is -2.42. The molecule has 0 spiro atoms. The molecule has 3 nitrogen and oxygen atoms in total. The van der Waals surface area contributed by atoms with E-state index in [2.05, 4.69) is 37.5 Å². The van der Waals surface area contributed by atoms with Crippen molar-refractivity contribution >= 4 is 0 Å². The maximum atomic E-state index is 8.15. The van der Waals surface area contributed by atoms with Crippen LogP contribution in [-0.4, -0.2) is 35.4 Å². The average molecular weight is 161 g/mol. The van der Waals surface area contributed by atoms with E-state index in [4.69, 9.17) is 5.26 Å². The minimum absolute atomic E-state index is 0.160. The zero-order chi connectivity index (χ0) is 8.91. The van der Waals surface area contributed by atoms with Crippen LogP contribution in [-0.2, 0) is 4.89 Å². The summed E-state index contributed by atoms with van der Waals surface area (Å²) in [5.74, 6) is 0. The fourth-order valence-electron chi connectivity index (χ4n) is 1.12. The van der Waals surface area contributed by atoms with Crippen molar-refractivity contribution in [1.82, 2.24) is 4.90 Å². The topological polar surface area (TPSA) is 32.7 Å². The normalized spacial score (nSPS) is 12.5. The molecular weight excluding hydrogens is 142 g/mol. The Morgan fingerprint density at radius 3 is 2.18 bits per heavy atom. The van der Waals surface area contributed by atoms with Crippen molar-refractivity contribution in [3.8, 4) is 0 Å². The van der Waals surface area contributed by atoms with Crippen LogP contribution >= 0.6 is 0 Å². The van der Waals surface area contributed by atoms with Crippen molar-refractivity contribution < 1.29 is 10.1 Å². The van der Waals surface area contributed by atoms with Gasteiger partial charge in [-0.25, -0.2) is 4.89 Å². The van der Waals surface area contributed by atoms with Gasteiger partial charge in [-0.15, -0.1) is 0 Å². The van der Waals surface area contributed by atoms with Gasteiger partial charge in [0.2, 0.25) is 0 Å². The van der Waals surface area contributed by atoms with Crippen molar-refractivity contribution in [2.75, 3.05) is 19.7 Å². The van der Waals surface area contributed by atoms with E-state index in [1.54, 1.807) is 0 Å². The standard InChI is InChI=1S/C8H19NO2/c1-5-9(6-7-11-10)8(2,3)4/h10H,5-7H2,1-4H3. The molecule has 0 bridgehead atoms. The molecular formula is C8H19NO2. The Balaban J connectivity index is 3.76. The van der Waals surface area contributed by atoms with Gasteiger partial charge >= 0.3 is 0 Å². The predicted octanol–water partition coefficient (Wildman–Crippen LogP) is 1.60. The molecule has 0 aliphatic rings. The maximum absolute atomic E-state index is 8.15. The van der Waals surface area contributed by atoms with E-state index < -0.39 is 0 Å². The lowest BCUT2D eigenvalue weighted by Gasteiger charge is -2.34. The third kappa shape index (κ3) is 4.35. The van der Waals surface area contributed by atoms with Crippen LogP contribution in [0.3, 0.4) is 0 Å². The lowest BCUT2D eigenvalue weighted by molar-refractivity contribution is -0.245. The molecule has 0 amide bonds. The molecule has 0 saturated carbocycles. The second-order valence-electron chi connectivity index (χ2n) is 3.58. The first-order chi connectivity index (χ1) is 5.02. The van der Waals surface area contributed by atoms with Crippen LogP contribution in [0.2, 0.25) is 0 Å². The highest BCUT2D eigenvalue weighted by Gasteiger charge is 2.18. The van der Waals surface area contributed by atoms with E-state index in [0.717, 1.165) is 13.1 Å². The molecule has 0 aromatic carbocycles. The molecule has 0 rings (SSSR count). The van der Waals surface area contributed by atoms with Gasteiger partial charge in [-0.2, -0.15) is 0 Å². The smallest absolute Gasteiger partial charge is 0.0946 e. The molecule has 0 aromatic heterocycles. The van der Waals surface area contributed by atoms with E-state index >= 15 is 0 Å². The Morgan fingerprint density at radius 1 is 1.36 bits per heavy atom. The van der Waals surface area contributed by atoms with E-state index in [0.29, 0.717) is 6.61 Å². The molecule has 0 fully saturated rings. The van der Waals surface area contributed by atoms with Gasteiger partial charge in [0.25, 0.3) is 0 Å². The summed E-state index contributed by atoms with van der Waals surface area (Å²) in [7, 11) is 0. The minimum Gasteiger partial charge on any atom is -0.296 e. The number of rotatable bonds is 4. The Hall–Kier alpha value is -0.120. The van der Waals surface area contributed by atoms with Crippen LogP contribution in [0.4, 0.5) is 0 Å². The highest BCUT2D eigenvalue weighted by atomic mass is 17.1. The number of nitrogens with zero attached hydrogens (tertiary/aromatic N) is 1. The molecule has 0 saturated heterocycles. The molecule has 11 heavy (non-hydrogen) atoms. The van der Waals surface area contributed by atoms with Gasteiger partial charge in [-0.3, -0.25) is 10.2 Å². The highest BCUT2D eigenvalue weighted by molar-refractivity contribution is 4.74. The molecule has 0 aliphatic carbocycles. The van der Waals surface area contributed by atoms with Crippen LogP contribution in [0, 0.1) is 0 Å². The monoisotopic (exact) mass is 161 g/mol. The lowest BCUT2D eigenvalue weighted by atomic mass is 10.1. The maximum Gasteiger partial charge on any atom is 0.0946 e. The highest BCUT2D eigenvalue weighted by Crippen LogP contribution is 2.11. The molecule has 0 aromatic rings. The molecule has 0 atom stereocenters. The van der Waals surface area contributed by atoms with E-state index in [1.165, 1.54) is 0 Å². The number of hydrogen-bond donors (Lipinski definition) is 1. The SMILES string of the molecule is CCN(CCOO)C(C)(C)C. The Labute approximate surface area is 68.9 Å². The van der Waals surface area contributed by atoms with Gasteiger partial charge in [0.1, 0.15) is 0 Å². The molecule has 0 radical (unpaired) electrons. The quantitative estimate of drug-likeness (QED) is 0.502. The number of likely N-dealkylation sites (N-methyl/N-ethyl adjacent to an activating group) is 1. The zero-order valence-electron chi connectivity index (χ0n) is 7.92. The van der Waals surface area contributed by atoms with Crippen LogP contribution < -0.4 is 0 Å². The third-order valence-electron chi connectivity index (χ3n) is 1.78. The van der Waals surface area contributed by atoms with Crippen molar-refractivity contribution in [2.45, 2.75) is 33.2 Å². The van der Waals surface area contributed by atoms with Gasteiger partial charge in [-0.05, 0) is 27.3 Å². The first-order valence-corrected chi connectivity index (χ1v) is 4.03. The molecule has 0 heterocycles. The third-order valence-corrected chi connectivity index (χ3v) is 1.78. The van der Waals surface area contributed by atoms with Gasteiger partial charge in [-0.1, -0.05) is 6.92 Å². The summed E-state index contributed by atoms with van der Waals surface area (Å²) < 4.78 is 0. The van der Waals surface area contributed by atoms with Crippen molar-refractivity contribution in [2.24, 2.45) is 0 Å². The summed E-state index contributed by atoms with van der Waals surface area (Å²) in [5, 5.41) is 8.15. The van der Waals surface area contributed by atoms with Crippen LogP contribution in [0.5, 0.6) is 0 Å². The van der Waals surface area contributed by atoms with Crippen molar-refractivity contribution in [1.29, 1.82) is 0 Å². The summed E-state index contributed by atoms with van der Waals surface area (Å²) in [5.41, 5.74) is 0.160. The van der Waals surface area contributed by atoms with Crippen LogP contribution in [0.25, 0.3) is 0 Å². The summed E-state index contributed by atoms with van der Waals surface area (Å²) >= 11 is 0. The van der Waals surface area contributed by atoms with E-state index in [-0.39, 0.29) is 5.54 Å². The van der Waals surface area contributed by atoms with Gasteiger partial charge in [0, 0.05) is 12.1 Å².